The Morgan fingerprint density at radius 1 is 1.44 bits per heavy atom. The van der Waals surface area contributed by atoms with Crippen LogP contribution in [0.25, 0.3) is 0 Å². The molecule has 1 aliphatic carbocycles. The van der Waals surface area contributed by atoms with Crippen LogP contribution in [-0.2, 0) is 11.2 Å². The number of hydrogen-bond acceptors (Lipinski definition) is 2. The van der Waals surface area contributed by atoms with Gasteiger partial charge in [-0.3, -0.25) is 9.69 Å². The van der Waals surface area contributed by atoms with Gasteiger partial charge in [0.25, 0.3) is 0 Å². The number of nitrogens with zero attached hydrogens (tertiary/aromatic N) is 1. The molecule has 1 aromatic carbocycles. The van der Waals surface area contributed by atoms with E-state index in [-0.39, 0.29) is 0 Å². The van der Waals surface area contributed by atoms with E-state index in [4.69, 9.17) is 5.11 Å². The number of aliphatic carboxylic acids is 1. The highest BCUT2D eigenvalue weighted by atomic mass is 79.9. The van der Waals surface area contributed by atoms with Crippen LogP contribution in [0.4, 0.5) is 0 Å². The second-order valence-corrected chi connectivity index (χ2v) is 6.23. The van der Waals surface area contributed by atoms with Crippen molar-refractivity contribution in [2.45, 2.75) is 25.3 Å². The predicted molar refractivity (Wildman–Crippen MR) is 72.5 cm³/mol. The van der Waals surface area contributed by atoms with Crippen LogP contribution >= 0.6 is 15.9 Å². The molecule has 96 valence electrons. The van der Waals surface area contributed by atoms with Gasteiger partial charge in [-0.05, 0) is 42.0 Å². The number of carboxylic acids is 1. The van der Waals surface area contributed by atoms with E-state index in [1.54, 1.807) is 0 Å². The van der Waals surface area contributed by atoms with E-state index in [1.807, 2.05) is 0 Å². The maximum atomic E-state index is 10.6. The molecule has 1 fully saturated rings. The number of hydrogen-bond donors (Lipinski definition) is 1. The Hall–Kier alpha value is -0.870. The first kappa shape index (κ1) is 12.2. The Bertz CT molecular complexity index is 483. The van der Waals surface area contributed by atoms with E-state index in [1.165, 1.54) is 17.5 Å². The predicted octanol–water partition coefficient (Wildman–Crippen LogP) is 2.84. The lowest BCUT2D eigenvalue weighted by Gasteiger charge is -2.43. The second kappa shape index (κ2) is 4.67. The minimum Gasteiger partial charge on any atom is -0.481 e. The molecule has 3 nitrogen and oxygen atoms in total. The van der Waals surface area contributed by atoms with Gasteiger partial charge in [0.2, 0.25) is 0 Å². The normalized spacial score (nSPS) is 23.7. The SMILES string of the molecule is O=C(O)CC1CN(C2CCc3cc(Br)ccc32)C1. The second-order valence-electron chi connectivity index (χ2n) is 5.32. The lowest BCUT2D eigenvalue weighted by Crippen LogP contribution is -2.48. The Kier molecular flexibility index (Phi) is 3.16. The fraction of sp³-hybridized carbons (Fsp3) is 0.500. The lowest BCUT2D eigenvalue weighted by molar-refractivity contribution is -0.139. The molecule has 0 amide bonds. The zero-order valence-corrected chi connectivity index (χ0v) is 11.7. The molecule has 0 spiro atoms. The van der Waals surface area contributed by atoms with Gasteiger partial charge in [-0.15, -0.1) is 0 Å². The monoisotopic (exact) mass is 309 g/mol. The van der Waals surface area contributed by atoms with Gasteiger partial charge >= 0.3 is 5.97 Å². The smallest absolute Gasteiger partial charge is 0.303 e. The molecule has 1 atom stereocenters. The van der Waals surface area contributed by atoms with Crippen molar-refractivity contribution >= 4 is 21.9 Å². The maximum Gasteiger partial charge on any atom is 0.303 e. The van der Waals surface area contributed by atoms with Crippen LogP contribution in [0.15, 0.2) is 22.7 Å². The van der Waals surface area contributed by atoms with E-state index in [9.17, 15) is 4.79 Å². The average Bonchev–Trinajstić information content (AvgIpc) is 2.65. The molecule has 4 heteroatoms. The third kappa shape index (κ3) is 2.19. The van der Waals surface area contributed by atoms with Crippen LogP contribution in [0.2, 0.25) is 0 Å². The lowest BCUT2D eigenvalue weighted by atomic mass is 9.92. The number of likely N-dealkylation sites (tertiary alicyclic amines) is 1. The number of benzene rings is 1. The minimum atomic E-state index is -0.671. The Balaban J connectivity index is 1.66. The Labute approximate surface area is 115 Å². The zero-order chi connectivity index (χ0) is 12.7. The van der Waals surface area contributed by atoms with E-state index >= 15 is 0 Å². The largest absolute Gasteiger partial charge is 0.481 e. The molecule has 3 rings (SSSR count). The van der Waals surface area contributed by atoms with Crippen LogP contribution in [-0.4, -0.2) is 29.1 Å². The average molecular weight is 310 g/mol. The first-order valence-corrected chi connectivity index (χ1v) is 7.17. The first-order chi connectivity index (χ1) is 8.63. The Morgan fingerprint density at radius 3 is 2.94 bits per heavy atom. The molecule has 1 saturated heterocycles. The molecule has 1 unspecified atom stereocenters. The molecule has 0 aromatic heterocycles. The van der Waals surface area contributed by atoms with Crippen molar-refractivity contribution in [1.82, 2.24) is 4.90 Å². The summed E-state index contributed by atoms with van der Waals surface area (Å²) in [6.07, 6.45) is 2.63. The van der Waals surface area contributed by atoms with E-state index in [0.29, 0.717) is 18.4 Å². The highest BCUT2D eigenvalue weighted by Crippen LogP contribution is 2.40. The number of aryl methyl sites for hydroxylation is 1. The van der Waals surface area contributed by atoms with Crippen LogP contribution in [0.3, 0.4) is 0 Å². The standard InChI is InChI=1S/C14H16BrNO2/c15-11-2-3-12-10(6-11)1-4-13(12)16-7-9(8-16)5-14(17)18/h2-3,6,9,13H,1,4-5,7-8H2,(H,17,18). The van der Waals surface area contributed by atoms with Crippen molar-refractivity contribution in [2.24, 2.45) is 5.92 Å². The topological polar surface area (TPSA) is 40.5 Å². The molecule has 0 saturated carbocycles. The van der Waals surface area contributed by atoms with Crippen LogP contribution in [0.1, 0.15) is 30.0 Å². The molecule has 0 bridgehead atoms. The summed E-state index contributed by atoms with van der Waals surface area (Å²) in [5, 5.41) is 8.77. The van der Waals surface area contributed by atoms with E-state index in [2.05, 4.69) is 39.0 Å². The third-order valence-electron chi connectivity index (χ3n) is 4.04. The number of carbonyl (C=O) groups is 1. The summed E-state index contributed by atoms with van der Waals surface area (Å²) in [6, 6.07) is 7.04. The summed E-state index contributed by atoms with van der Waals surface area (Å²) in [5.74, 6) is -0.322. The molecule has 2 aliphatic rings. The fourth-order valence-electron chi connectivity index (χ4n) is 3.18. The minimum absolute atomic E-state index is 0.316. The summed E-state index contributed by atoms with van der Waals surface area (Å²) in [7, 11) is 0. The number of carboxylic acid groups (broad SMARTS) is 1. The van der Waals surface area contributed by atoms with Crippen molar-refractivity contribution in [3.05, 3.63) is 33.8 Å². The summed E-state index contributed by atoms with van der Waals surface area (Å²) in [4.78, 5) is 13.1. The summed E-state index contributed by atoms with van der Waals surface area (Å²) < 4.78 is 1.15. The first-order valence-electron chi connectivity index (χ1n) is 6.37. The van der Waals surface area contributed by atoms with Crippen molar-refractivity contribution < 1.29 is 9.90 Å². The van der Waals surface area contributed by atoms with Crippen LogP contribution < -0.4 is 0 Å². The third-order valence-corrected chi connectivity index (χ3v) is 4.53. The molecule has 0 radical (unpaired) electrons. The number of halogens is 1. The van der Waals surface area contributed by atoms with Crippen LogP contribution in [0.5, 0.6) is 0 Å². The van der Waals surface area contributed by atoms with Gasteiger partial charge in [0.05, 0.1) is 6.42 Å². The number of fused-ring (bicyclic) bond motifs is 1. The van der Waals surface area contributed by atoms with Gasteiger partial charge in [-0.25, -0.2) is 0 Å². The molecular formula is C14H16BrNO2. The molecular weight excluding hydrogens is 294 g/mol. The van der Waals surface area contributed by atoms with Crippen molar-refractivity contribution in [3.63, 3.8) is 0 Å². The summed E-state index contributed by atoms with van der Waals surface area (Å²) in [5.41, 5.74) is 2.88. The van der Waals surface area contributed by atoms with Gasteiger partial charge in [-0.2, -0.15) is 0 Å². The molecule has 1 N–H and O–H groups in total. The highest BCUT2D eigenvalue weighted by molar-refractivity contribution is 9.10. The molecule has 1 aromatic rings. The zero-order valence-electron chi connectivity index (χ0n) is 10.1. The molecule has 18 heavy (non-hydrogen) atoms. The Morgan fingerprint density at radius 2 is 2.22 bits per heavy atom. The summed E-state index contributed by atoms with van der Waals surface area (Å²) >= 11 is 3.51. The van der Waals surface area contributed by atoms with Gasteiger partial charge in [0.15, 0.2) is 0 Å². The quantitative estimate of drug-likeness (QED) is 0.933. The fourth-order valence-corrected chi connectivity index (χ4v) is 3.59. The molecule has 1 heterocycles. The number of rotatable bonds is 3. The van der Waals surface area contributed by atoms with Crippen molar-refractivity contribution in [1.29, 1.82) is 0 Å². The maximum absolute atomic E-state index is 10.6. The van der Waals surface area contributed by atoms with Gasteiger partial charge in [0.1, 0.15) is 0 Å². The van der Waals surface area contributed by atoms with E-state index < -0.39 is 5.97 Å². The highest BCUT2D eigenvalue weighted by Gasteiger charge is 2.36. The van der Waals surface area contributed by atoms with E-state index in [0.717, 1.165) is 24.0 Å². The van der Waals surface area contributed by atoms with Crippen molar-refractivity contribution in [2.75, 3.05) is 13.1 Å². The van der Waals surface area contributed by atoms with Gasteiger partial charge in [0, 0.05) is 23.6 Å². The van der Waals surface area contributed by atoms with Gasteiger partial charge in [-0.1, -0.05) is 22.0 Å². The van der Waals surface area contributed by atoms with Crippen LogP contribution in [0, 0.1) is 5.92 Å². The van der Waals surface area contributed by atoms with Gasteiger partial charge < -0.3 is 5.11 Å². The summed E-state index contributed by atoms with van der Waals surface area (Å²) in [6.45, 7) is 1.87. The van der Waals surface area contributed by atoms with Crippen molar-refractivity contribution in [3.8, 4) is 0 Å². The molecule has 1 aliphatic heterocycles.